The van der Waals surface area contributed by atoms with E-state index in [1.807, 2.05) is 0 Å². The first-order valence-electron chi connectivity index (χ1n) is 10.9. The molecule has 0 saturated carbocycles. The Morgan fingerprint density at radius 1 is 0.974 bits per heavy atom. The predicted octanol–water partition coefficient (Wildman–Crippen LogP) is 5.91. The molecule has 0 unspecified atom stereocenters. The summed E-state index contributed by atoms with van der Waals surface area (Å²) >= 11 is 21.3. The van der Waals surface area contributed by atoms with Crippen molar-refractivity contribution in [2.45, 2.75) is 6.92 Å². The number of rotatable bonds is 9. The van der Waals surface area contributed by atoms with Crippen LogP contribution in [-0.4, -0.2) is 37.1 Å². The summed E-state index contributed by atoms with van der Waals surface area (Å²) in [5.74, 6) is -1.77. The number of nitrogens with one attached hydrogen (secondary N) is 3. The Labute approximate surface area is 241 Å². The van der Waals surface area contributed by atoms with Crippen molar-refractivity contribution in [2.24, 2.45) is 5.10 Å². The lowest BCUT2D eigenvalue weighted by atomic mass is 10.2. The Morgan fingerprint density at radius 2 is 1.74 bits per heavy atom. The third-order valence-corrected chi connectivity index (χ3v) is 6.22. The van der Waals surface area contributed by atoms with Crippen molar-refractivity contribution >= 4 is 86.0 Å². The second-order valence-electron chi connectivity index (χ2n) is 7.36. The van der Waals surface area contributed by atoms with Crippen molar-refractivity contribution in [3.05, 3.63) is 79.7 Å². The van der Waals surface area contributed by atoms with E-state index in [0.29, 0.717) is 38.9 Å². The highest BCUT2D eigenvalue weighted by molar-refractivity contribution is 9.10. The molecule has 0 spiro atoms. The Kier molecular flexibility index (Phi) is 10.8. The number of benzene rings is 3. The van der Waals surface area contributed by atoms with Crippen LogP contribution >= 0.6 is 50.7 Å². The highest BCUT2D eigenvalue weighted by atomic mass is 79.9. The molecule has 0 aromatic heterocycles. The molecule has 0 fully saturated rings. The van der Waals surface area contributed by atoms with Gasteiger partial charge >= 0.3 is 11.8 Å². The Balaban J connectivity index is 1.62. The summed E-state index contributed by atoms with van der Waals surface area (Å²) in [6.07, 6.45) is 1.31. The largest absolute Gasteiger partial charge is 0.490 e. The van der Waals surface area contributed by atoms with Gasteiger partial charge in [0.1, 0.15) is 0 Å². The fourth-order valence-corrected chi connectivity index (χ4v) is 4.07. The summed E-state index contributed by atoms with van der Waals surface area (Å²) in [6, 6.07) is 14.6. The van der Waals surface area contributed by atoms with E-state index in [9.17, 15) is 14.4 Å². The normalized spacial score (nSPS) is 10.7. The average molecular weight is 643 g/mol. The number of anilines is 2. The second-order valence-corrected chi connectivity index (χ2v) is 9.44. The second kappa shape index (κ2) is 14.0. The van der Waals surface area contributed by atoms with E-state index < -0.39 is 17.7 Å². The lowest BCUT2D eigenvalue weighted by molar-refractivity contribution is -0.136. The maximum Gasteiger partial charge on any atom is 0.329 e. The zero-order valence-electron chi connectivity index (χ0n) is 19.7. The summed E-state index contributed by atoms with van der Waals surface area (Å²) in [5.41, 5.74) is 3.36. The molecule has 0 bridgehead atoms. The van der Waals surface area contributed by atoms with Crippen molar-refractivity contribution in [1.82, 2.24) is 5.43 Å². The molecule has 13 heteroatoms. The number of hydrazone groups is 1. The zero-order chi connectivity index (χ0) is 27.7. The summed E-state index contributed by atoms with van der Waals surface area (Å²) in [7, 11) is 0. The minimum atomic E-state index is -1.02. The van der Waals surface area contributed by atoms with Gasteiger partial charge in [0.25, 0.3) is 5.91 Å². The summed E-state index contributed by atoms with van der Waals surface area (Å²) < 4.78 is 11.8. The Morgan fingerprint density at radius 3 is 2.47 bits per heavy atom. The van der Waals surface area contributed by atoms with Crippen LogP contribution in [0.3, 0.4) is 0 Å². The van der Waals surface area contributed by atoms with Crippen LogP contribution in [0.15, 0.2) is 64.2 Å². The molecule has 0 atom stereocenters. The van der Waals surface area contributed by atoms with Gasteiger partial charge in [0.2, 0.25) is 0 Å². The molecule has 0 heterocycles. The van der Waals surface area contributed by atoms with Crippen molar-refractivity contribution < 1.29 is 23.9 Å². The molecule has 0 aliphatic rings. The molecule has 3 aromatic carbocycles. The number of halogens is 4. The van der Waals surface area contributed by atoms with Crippen LogP contribution in [0, 0.1) is 0 Å². The number of hydrogen-bond donors (Lipinski definition) is 3. The molecule has 0 aliphatic heterocycles. The van der Waals surface area contributed by atoms with Crippen molar-refractivity contribution in [3.8, 4) is 11.5 Å². The highest BCUT2D eigenvalue weighted by Gasteiger charge is 2.16. The van der Waals surface area contributed by atoms with Gasteiger partial charge < -0.3 is 20.1 Å². The van der Waals surface area contributed by atoms with Gasteiger partial charge in [0.15, 0.2) is 18.1 Å². The molecular formula is C25H20BrCl3N4O5. The number of amides is 3. The van der Waals surface area contributed by atoms with E-state index in [4.69, 9.17) is 44.3 Å². The third kappa shape index (κ3) is 8.35. The van der Waals surface area contributed by atoms with Gasteiger partial charge in [0, 0.05) is 10.7 Å². The van der Waals surface area contributed by atoms with E-state index in [0.717, 1.165) is 0 Å². The van der Waals surface area contributed by atoms with Gasteiger partial charge in [-0.1, -0.05) is 46.9 Å². The first-order chi connectivity index (χ1) is 18.2. The van der Waals surface area contributed by atoms with Crippen LogP contribution < -0.4 is 25.5 Å². The minimum absolute atomic E-state index is 0.108. The summed E-state index contributed by atoms with van der Waals surface area (Å²) in [6.45, 7) is 1.82. The van der Waals surface area contributed by atoms with Gasteiger partial charge in [-0.3, -0.25) is 14.4 Å². The van der Waals surface area contributed by atoms with Crippen LogP contribution in [-0.2, 0) is 14.4 Å². The highest BCUT2D eigenvalue weighted by Crippen LogP contribution is 2.36. The first-order valence-corrected chi connectivity index (χ1v) is 12.8. The molecular weight excluding hydrogens is 623 g/mol. The van der Waals surface area contributed by atoms with Crippen molar-refractivity contribution in [2.75, 3.05) is 23.8 Å². The molecule has 3 rings (SSSR count). The quantitative estimate of drug-likeness (QED) is 0.152. The molecule has 198 valence electrons. The Bertz CT molecular complexity index is 1390. The fraction of sp³-hybridized carbons (Fsp3) is 0.120. The van der Waals surface area contributed by atoms with Gasteiger partial charge in [-0.2, -0.15) is 5.10 Å². The van der Waals surface area contributed by atoms with Crippen LogP contribution in [0.2, 0.25) is 15.1 Å². The van der Waals surface area contributed by atoms with E-state index >= 15 is 0 Å². The molecule has 3 aromatic rings. The molecule has 0 radical (unpaired) electrons. The average Bonchev–Trinajstić information content (AvgIpc) is 2.86. The molecule has 0 aliphatic carbocycles. The topological polar surface area (TPSA) is 118 Å². The monoisotopic (exact) mass is 640 g/mol. The standard InChI is InChI=1S/C25H20BrCl3N4O5/c1-2-37-20-10-14(12-30-33-25(36)24(35)32-19-8-4-7-18(28)22(19)29)9-17(26)23(20)38-13-21(34)31-16-6-3-5-15(27)11-16/h3-12H,2,13H2,1H3,(H,31,34)(H,32,35)(H,33,36)/b30-12-. The molecule has 3 amide bonds. The summed E-state index contributed by atoms with van der Waals surface area (Å²) in [5, 5.41) is 9.69. The zero-order valence-corrected chi connectivity index (χ0v) is 23.5. The molecule has 9 nitrogen and oxygen atoms in total. The van der Waals surface area contributed by atoms with Crippen LogP contribution in [0.4, 0.5) is 11.4 Å². The number of ether oxygens (including phenoxy) is 2. The molecule has 3 N–H and O–H groups in total. The number of carbonyl (C=O) groups excluding carboxylic acids is 3. The maximum absolute atomic E-state index is 12.3. The first kappa shape index (κ1) is 29.2. The van der Waals surface area contributed by atoms with Crippen LogP contribution in [0.5, 0.6) is 11.5 Å². The number of carbonyl (C=O) groups is 3. The van der Waals surface area contributed by atoms with E-state index in [2.05, 4.69) is 37.1 Å². The minimum Gasteiger partial charge on any atom is -0.490 e. The van der Waals surface area contributed by atoms with Crippen LogP contribution in [0.1, 0.15) is 12.5 Å². The third-order valence-electron chi connectivity index (χ3n) is 4.57. The number of nitrogens with zero attached hydrogens (tertiary/aromatic N) is 1. The van der Waals surface area contributed by atoms with Gasteiger partial charge in [0.05, 0.1) is 33.0 Å². The van der Waals surface area contributed by atoms with E-state index in [-0.39, 0.29) is 22.3 Å². The van der Waals surface area contributed by atoms with E-state index in [1.165, 1.54) is 12.3 Å². The van der Waals surface area contributed by atoms with Crippen LogP contribution in [0.25, 0.3) is 0 Å². The van der Waals surface area contributed by atoms with Crippen molar-refractivity contribution in [1.29, 1.82) is 0 Å². The smallest absolute Gasteiger partial charge is 0.329 e. The van der Waals surface area contributed by atoms with Gasteiger partial charge in [-0.05, 0) is 70.9 Å². The maximum atomic E-state index is 12.3. The number of hydrogen-bond acceptors (Lipinski definition) is 6. The SMILES string of the molecule is CCOc1cc(/C=N\NC(=O)C(=O)Nc2cccc(Cl)c2Cl)cc(Br)c1OCC(=O)Nc1cccc(Cl)c1. The molecule has 38 heavy (non-hydrogen) atoms. The van der Waals surface area contributed by atoms with Gasteiger partial charge in [-0.25, -0.2) is 5.43 Å². The lowest BCUT2D eigenvalue weighted by Gasteiger charge is -2.14. The van der Waals surface area contributed by atoms with Gasteiger partial charge in [-0.15, -0.1) is 0 Å². The Hall–Kier alpha value is -3.31. The van der Waals surface area contributed by atoms with E-state index in [1.54, 1.807) is 55.5 Å². The fourth-order valence-electron chi connectivity index (χ4n) is 2.96. The molecule has 0 saturated heterocycles. The van der Waals surface area contributed by atoms with Crippen molar-refractivity contribution in [3.63, 3.8) is 0 Å². The summed E-state index contributed by atoms with van der Waals surface area (Å²) in [4.78, 5) is 36.6. The predicted molar refractivity (Wildman–Crippen MR) is 152 cm³/mol. The lowest BCUT2D eigenvalue weighted by Crippen LogP contribution is -2.32.